The minimum absolute atomic E-state index is 0.0799. The summed E-state index contributed by atoms with van der Waals surface area (Å²) in [7, 11) is 0. The van der Waals surface area contributed by atoms with Crippen LogP contribution in [0.15, 0.2) is 12.5 Å². The molecule has 3 heteroatoms. The summed E-state index contributed by atoms with van der Waals surface area (Å²) in [5.41, 5.74) is 0.906. The molecule has 0 aromatic carbocycles. The fraction of sp³-hybridized carbons (Fsp3) is 0.667. The molecule has 68 valence electrons. The molecule has 0 aliphatic rings. The van der Waals surface area contributed by atoms with Gasteiger partial charge in [0.2, 0.25) is 0 Å². The highest BCUT2D eigenvalue weighted by Gasteiger charge is 2.08. The van der Waals surface area contributed by atoms with Gasteiger partial charge in [0.25, 0.3) is 0 Å². The molecule has 0 bridgehead atoms. The zero-order valence-electron chi connectivity index (χ0n) is 7.70. The number of hydrogen-bond donors (Lipinski definition) is 1. The molecular formula is C9H16N2O. The molecule has 1 rings (SSSR count). The number of hydrogen-bond acceptors (Lipinski definition) is 2. The number of aliphatic hydroxyl groups excluding tert-OH is 1. The van der Waals surface area contributed by atoms with Gasteiger partial charge >= 0.3 is 0 Å². The van der Waals surface area contributed by atoms with E-state index in [1.807, 2.05) is 0 Å². The Bertz CT molecular complexity index is 228. The summed E-state index contributed by atoms with van der Waals surface area (Å²) < 4.78 is 2.06. The number of rotatable bonds is 4. The van der Waals surface area contributed by atoms with E-state index in [9.17, 15) is 0 Å². The van der Waals surface area contributed by atoms with Crippen LogP contribution in [0.4, 0.5) is 0 Å². The highest BCUT2D eigenvalue weighted by atomic mass is 16.3. The monoisotopic (exact) mass is 168 g/mol. The van der Waals surface area contributed by atoms with E-state index in [2.05, 4.69) is 23.4 Å². The summed E-state index contributed by atoms with van der Waals surface area (Å²) in [6, 6.07) is 0.481. The van der Waals surface area contributed by atoms with Crippen LogP contribution >= 0.6 is 0 Å². The first kappa shape index (κ1) is 9.26. The van der Waals surface area contributed by atoms with Crippen molar-refractivity contribution in [3.8, 4) is 0 Å². The molecule has 1 aromatic rings. The molecule has 0 aliphatic carbocycles. The lowest BCUT2D eigenvalue weighted by Crippen LogP contribution is -2.09. The zero-order chi connectivity index (χ0) is 8.97. The van der Waals surface area contributed by atoms with Gasteiger partial charge in [-0.15, -0.1) is 0 Å². The van der Waals surface area contributed by atoms with Gasteiger partial charge in [-0.1, -0.05) is 13.8 Å². The lowest BCUT2D eigenvalue weighted by molar-refractivity contribution is 0.264. The fourth-order valence-corrected chi connectivity index (χ4v) is 1.47. The third kappa shape index (κ3) is 1.67. The highest BCUT2D eigenvalue weighted by Crippen LogP contribution is 2.17. The Morgan fingerprint density at radius 3 is 2.67 bits per heavy atom. The van der Waals surface area contributed by atoms with Crippen LogP contribution in [-0.4, -0.2) is 14.7 Å². The van der Waals surface area contributed by atoms with E-state index in [0.717, 1.165) is 18.5 Å². The molecule has 1 aromatic heterocycles. The molecule has 0 fully saturated rings. The molecule has 0 saturated carbocycles. The van der Waals surface area contributed by atoms with Crippen LogP contribution in [0.1, 0.15) is 38.4 Å². The summed E-state index contributed by atoms with van der Waals surface area (Å²) in [5, 5.41) is 8.99. The second kappa shape index (κ2) is 4.26. The minimum Gasteiger partial charge on any atom is -0.390 e. The molecule has 0 atom stereocenters. The van der Waals surface area contributed by atoms with Gasteiger partial charge in [-0.25, -0.2) is 4.98 Å². The smallest absolute Gasteiger partial charge is 0.0951 e. The van der Waals surface area contributed by atoms with Gasteiger partial charge in [-0.2, -0.15) is 0 Å². The first-order chi connectivity index (χ1) is 5.83. The Balaban J connectivity index is 2.83. The Labute approximate surface area is 73.1 Å². The third-order valence-corrected chi connectivity index (χ3v) is 2.24. The van der Waals surface area contributed by atoms with Crippen LogP contribution in [0, 0.1) is 0 Å². The van der Waals surface area contributed by atoms with Gasteiger partial charge in [0.05, 0.1) is 24.8 Å². The van der Waals surface area contributed by atoms with Gasteiger partial charge in [0.15, 0.2) is 0 Å². The molecule has 0 radical (unpaired) electrons. The summed E-state index contributed by atoms with van der Waals surface area (Å²) in [4.78, 5) is 4.01. The second-order valence-electron chi connectivity index (χ2n) is 2.92. The van der Waals surface area contributed by atoms with E-state index in [0.29, 0.717) is 6.04 Å². The molecule has 0 aliphatic heterocycles. The molecule has 12 heavy (non-hydrogen) atoms. The molecular weight excluding hydrogens is 152 g/mol. The van der Waals surface area contributed by atoms with Crippen LogP contribution in [0.2, 0.25) is 0 Å². The van der Waals surface area contributed by atoms with Crippen molar-refractivity contribution in [2.24, 2.45) is 0 Å². The van der Waals surface area contributed by atoms with E-state index in [-0.39, 0.29) is 6.61 Å². The standard InChI is InChI=1S/C9H16N2O/c1-3-8(4-2)11-7-10-5-9(11)6-12/h5,7-8,12H,3-4,6H2,1-2H3. The van der Waals surface area contributed by atoms with Crippen LogP contribution in [-0.2, 0) is 6.61 Å². The number of imidazole rings is 1. The summed E-state index contributed by atoms with van der Waals surface area (Å²) in [6.07, 6.45) is 5.68. The number of nitrogens with zero attached hydrogens (tertiary/aromatic N) is 2. The molecule has 0 spiro atoms. The summed E-state index contributed by atoms with van der Waals surface area (Å²) >= 11 is 0. The van der Waals surface area contributed by atoms with Crippen LogP contribution in [0.25, 0.3) is 0 Å². The Morgan fingerprint density at radius 1 is 1.50 bits per heavy atom. The SMILES string of the molecule is CCC(CC)n1cncc1CO. The molecule has 1 heterocycles. The quantitative estimate of drug-likeness (QED) is 0.743. The molecule has 1 N–H and O–H groups in total. The van der Waals surface area contributed by atoms with E-state index in [1.165, 1.54) is 0 Å². The maximum atomic E-state index is 8.99. The predicted octanol–water partition coefficient (Wildman–Crippen LogP) is 1.74. The average Bonchev–Trinajstić information content (AvgIpc) is 2.55. The summed E-state index contributed by atoms with van der Waals surface area (Å²) in [5.74, 6) is 0. The normalized spacial score (nSPS) is 11.0. The van der Waals surface area contributed by atoms with Gasteiger partial charge in [-0.05, 0) is 12.8 Å². The van der Waals surface area contributed by atoms with E-state index in [1.54, 1.807) is 12.5 Å². The van der Waals surface area contributed by atoms with Crippen molar-refractivity contribution in [2.75, 3.05) is 0 Å². The lowest BCUT2D eigenvalue weighted by atomic mass is 10.1. The average molecular weight is 168 g/mol. The Morgan fingerprint density at radius 2 is 2.17 bits per heavy atom. The van der Waals surface area contributed by atoms with Gasteiger partial charge in [0, 0.05) is 6.04 Å². The Kier molecular flexibility index (Phi) is 3.29. The molecule has 0 amide bonds. The number of aliphatic hydroxyl groups is 1. The molecule has 0 unspecified atom stereocenters. The molecule has 3 nitrogen and oxygen atoms in total. The fourth-order valence-electron chi connectivity index (χ4n) is 1.47. The van der Waals surface area contributed by atoms with Crippen molar-refractivity contribution >= 4 is 0 Å². The van der Waals surface area contributed by atoms with Crippen molar-refractivity contribution in [1.29, 1.82) is 0 Å². The first-order valence-corrected chi connectivity index (χ1v) is 4.45. The highest BCUT2D eigenvalue weighted by molar-refractivity contribution is 4.98. The summed E-state index contributed by atoms with van der Waals surface area (Å²) in [6.45, 7) is 4.38. The van der Waals surface area contributed by atoms with Crippen molar-refractivity contribution in [3.05, 3.63) is 18.2 Å². The van der Waals surface area contributed by atoms with Crippen LogP contribution < -0.4 is 0 Å². The topological polar surface area (TPSA) is 38.0 Å². The zero-order valence-corrected chi connectivity index (χ0v) is 7.70. The van der Waals surface area contributed by atoms with Gasteiger partial charge < -0.3 is 9.67 Å². The van der Waals surface area contributed by atoms with Gasteiger partial charge in [-0.3, -0.25) is 0 Å². The van der Waals surface area contributed by atoms with Crippen LogP contribution in [0.5, 0.6) is 0 Å². The second-order valence-corrected chi connectivity index (χ2v) is 2.92. The van der Waals surface area contributed by atoms with E-state index >= 15 is 0 Å². The van der Waals surface area contributed by atoms with Crippen LogP contribution in [0.3, 0.4) is 0 Å². The van der Waals surface area contributed by atoms with Crippen molar-refractivity contribution in [3.63, 3.8) is 0 Å². The first-order valence-electron chi connectivity index (χ1n) is 4.45. The lowest BCUT2D eigenvalue weighted by Gasteiger charge is -2.16. The van der Waals surface area contributed by atoms with Crippen molar-refractivity contribution in [2.45, 2.75) is 39.3 Å². The van der Waals surface area contributed by atoms with Crippen molar-refractivity contribution < 1.29 is 5.11 Å². The minimum atomic E-state index is 0.0799. The van der Waals surface area contributed by atoms with E-state index in [4.69, 9.17) is 5.11 Å². The maximum absolute atomic E-state index is 8.99. The third-order valence-electron chi connectivity index (χ3n) is 2.24. The maximum Gasteiger partial charge on any atom is 0.0951 e. The molecule has 0 saturated heterocycles. The Hall–Kier alpha value is -0.830. The van der Waals surface area contributed by atoms with E-state index < -0.39 is 0 Å². The number of aromatic nitrogens is 2. The largest absolute Gasteiger partial charge is 0.390 e. The van der Waals surface area contributed by atoms with Gasteiger partial charge in [0.1, 0.15) is 0 Å². The van der Waals surface area contributed by atoms with Crippen molar-refractivity contribution in [1.82, 2.24) is 9.55 Å². The predicted molar refractivity (Wildman–Crippen MR) is 47.8 cm³/mol.